The van der Waals surface area contributed by atoms with Crippen molar-refractivity contribution in [3.8, 4) is 0 Å². The number of nitrogens with two attached hydrogens (primary N) is 1. The van der Waals surface area contributed by atoms with Crippen LogP contribution in [0.3, 0.4) is 0 Å². The fraction of sp³-hybridized carbons (Fsp3) is 0.238. The van der Waals surface area contributed by atoms with E-state index < -0.39 is 27.6 Å². The van der Waals surface area contributed by atoms with Crippen LogP contribution >= 0.6 is 0 Å². The summed E-state index contributed by atoms with van der Waals surface area (Å²) < 4.78 is 61.5. The van der Waals surface area contributed by atoms with Crippen LogP contribution in [0.1, 0.15) is 23.2 Å². The molecule has 0 saturated heterocycles. The Labute approximate surface area is 177 Å². The topological polar surface area (TPSA) is 103 Å². The molecule has 2 aromatic rings. The molecule has 0 aromatic heterocycles. The van der Waals surface area contributed by atoms with Gasteiger partial charge in [-0.1, -0.05) is 6.07 Å². The van der Waals surface area contributed by atoms with E-state index in [1.165, 1.54) is 24.3 Å². The molecule has 10 heteroatoms. The first kappa shape index (κ1) is 22.5. The van der Waals surface area contributed by atoms with Gasteiger partial charge in [-0.25, -0.2) is 13.4 Å². The molecule has 0 spiro atoms. The predicted octanol–water partition coefficient (Wildman–Crippen LogP) is 2.31. The highest BCUT2D eigenvalue weighted by Crippen LogP contribution is 2.31. The number of carbonyl (C=O) groups is 1. The number of nitrogens with one attached hydrogen (secondary N) is 2. The summed E-state index contributed by atoms with van der Waals surface area (Å²) >= 11 is 0. The molecule has 0 heterocycles. The zero-order valence-electron chi connectivity index (χ0n) is 16.5. The molecule has 3 rings (SSSR count). The molecular weight excluding hydrogens is 431 g/mol. The van der Waals surface area contributed by atoms with Gasteiger partial charge in [0.05, 0.1) is 4.90 Å². The minimum Gasteiger partial charge on any atom is -0.395 e. The molecule has 1 amide bonds. The minimum atomic E-state index is -4.59. The van der Waals surface area contributed by atoms with Gasteiger partial charge in [-0.05, 0) is 43.2 Å². The number of sulfone groups is 1. The van der Waals surface area contributed by atoms with E-state index in [0.29, 0.717) is 17.1 Å². The maximum atomic E-state index is 12.7. The van der Waals surface area contributed by atoms with E-state index in [4.69, 9.17) is 5.73 Å². The summed E-state index contributed by atoms with van der Waals surface area (Å²) in [5.41, 5.74) is 5.53. The Bertz CT molecular complexity index is 1150. The van der Waals surface area contributed by atoms with Crippen molar-refractivity contribution in [3.05, 3.63) is 65.9 Å². The molecule has 1 saturated carbocycles. The monoisotopic (exact) mass is 452 g/mol. The van der Waals surface area contributed by atoms with Crippen molar-refractivity contribution in [2.45, 2.75) is 23.9 Å². The molecule has 4 N–H and O–H groups in total. The minimum absolute atomic E-state index is 0.00222. The average Bonchev–Trinajstić information content (AvgIpc) is 3.53. The molecule has 0 atom stereocenters. The van der Waals surface area contributed by atoms with Gasteiger partial charge in [-0.15, -0.1) is 0 Å². The van der Waals surface area contributed by atoms with Crippen LogP contribution in [0.25, 0.3) is 0 Å². The number of carbonyl (C=O) groups excluding carboxylic acids is 1. The molecule has 1 aliphatic rings. The van der Waals surface area contributed by atoms with E-state index >= 15 is 0 Å². The van der Waals surface area contributed by atoms with E-state index in [0.717, 1.165) is 25.2 Å². The van der Waals surface area contributed by atoms with E-state index in [9.17, 15) is 26.4 Å². The Kier molecular flexibility index (Phi) is 6.21. The Hall–Kier alpha value is -3.14. The van der Waals surface area contributed by atoms with Crippen LogP contribution in [0.2, 0.25) is 0 Å². The van der Waals surface area contributed by atoms with Gasteiger partial charge in [-0.3, -0.25) is 4.79 Å². The predicted molar refractivity (Wildman–Crippen MR) is 111 cm³/mol. The smallest absolute Gasteiger partial charge is 0.395 e. The van der Waals surface area contributed by atoms with E-state index in [1.54, 1.807) is 24.3 Å². The number of hydrogen-bond donors (Lipinski definition) is 3. The molecule has 164 valence electrons. The Morgan fingerprint density at radius 1 is 1.16 bits per heavy atom. The van der Waals surface area contributed by atoms with Crippen molar-refractivity contribution in [2.24, 2.45) is 11.7 Å². The van der Waals surface area contributed by atoms with Crippen LogP contribution in [0, 0.1) is 5.92 Å². The summed E-state index contributed by atoms with van der Waals surface area (Å²) in [5.74, 6) is -0.486. The average molecular weight is 452 g/mol. The summed E-state index contributed by atoms with van der Waals surface area (Å²) in [7, 11) is -3.44. The van der Waals surface area contributed by atoms with E-state index in [-0.39, 0.29) is 16.4 Å². The third-order valence-corrected chi connectivity index (χ3v) is 5.72. The number of halogens is 3. The maximum Gasteiger partial charge on any atom is 0.430 e. The first-order valence-corrected chi connectivity index (χ1v) is 11.2. The van der Waals surface area contributed by atoms with Crippen LogP contribution in [0.15, 0.2) is 65.2 Å². The molecule has 6 nitrogen and oxygen atoms in total. The van der Waals surface area contributed by atoms with Crippen molar-refractivity contribution < 1.29 is 31.4 Å². The zero-order valence-corrected chi connectivity index (χ0v) is 17.3. The lowest BCUT2D eigenvalue weighted by Crippen LogP contribution is -2.66. The summed E-state index contributed by atoms with van der Waals surface area (Å²) in [6.45, 7) is 0. The molecule has 0 radical (unpaired) electrons. The standard InChI is InChI=1S/C21H20F3N3O3S/c1-31(29,30)17-4-2-3-14(11-17)20(28)27-16-9-7-15(8-10-16)26-18(13-5-6-13)12-19(25)21(22,23)24/h2-4,7-13H,5-6,25H2,1H3,(H,27,28)/p+1. The summed E-state index contributed by atoms with van der Waals surface area (Å²) in [6, 6.07) is 12.1. The van der Waals surface area contributed by atoms with Crippen molar-refractivity contribution in [3.63, 3.8) is 0 Å². The quantitative estimate of drug-likeness (QED) is 0.585. The van der Waals surface area contributed by atoms with Crippen molar-refractivity contribution >= 4 is 32.8 Å². The Balaban J connectivity index is 1.76. The number of amides is 1. The molecule has 31 heavy (non-hydrogen) atoms. The maximum absolute atomic E-state index is 12.7. The highest BCUT2D eigenvalue weighted by Gasteiger charge is 2.36. The molecular formula is C21H21F3N3O3S+. The number of rotatable bonds is 6. The summed E-state index contributed by atoms with van der Waals surface area (Å²) in [6.07, 6.45) is -1.05. The van der Waals surface area contributed by atoms with Gasteiger partial charge >= 0.3 is 6.18 Å². The third kappa shape index (κ3) is 6.17. The molecule has 2 aromatic carbocycles. The second-order valence-electron chi connectivity index (χ2n) is 7.28. The van der Waals surface area contributed by atoms with Crippen molar-refractivity contribution in [1.82, 2.24) is 0 Å². The molecule has 0 aliphatic heterocycles. The van der Waals surface area contributed by atoms with Crippen LogP contribution in [-0.2, 0) is 9.84 Å². The van der Waals surface area contributed by atoms with Crippen LogP contribution in [-0.4, -0.2) is 32.5 Å². The highest BCUT2D eigenvalue weighted by molar-refractivity contribution is 7.90. The number of benzene rings is 2. The molecule has 0 bridgehead atoms. The van der Waals surface area contributed by atoms with Gasteiger partial charge in [0.25, 0.3) is 5.91 Å². The Morgan fingerprint density at radius 3 is 2.35 bits per heavy atom. The Morgan fingerprint density at radius 2 is 1.81 bits per heavy atom. The first-order valence-electron chi connectivity index (χ1n) is 9.33. The molecule has 0 unspecified atom stereocenters. The first-order chi connectivity index (χ1) is 14.4. The lowest BCUT2D eigenvalue weighted by atomic mass is 10.2. The zero-order chi connectivity index (χ0) is 22.8. The van der Waals surface area contributed by atoms with Gasteiger partial charge in [0.15, 0.2) is 15.5 Å². The fourth-order valence-corrected chi connectivity index (χ4v) is 3.44. The van der Waals surface area contributed by atoms with Gasteiger partial charge in [0.2, 0.25) is 5.69 Å². The lowest BCUT2D eigenvalue weighted by Gasteiger charge is -2.07. The highest BCUT2D eigenvalue weighted by atomic mass is 32.2. The van der Waals surface area contributed by atoms with E-state index in [1.807, 2.05) is 0 Å². The molecule has 1 fully saturated rings. The van der Waals surface area contributed by atoms with Crippen molar-refractivity contribution in [2.75, 3.05) is 11.6 Å². The SMILES string of the molecule is CS(=O)(=O)c1cccc(C(=O)Nc2ccc([NH+]=C(C=C(N)C(F)(F)F)C3CC3)cc2)c1. The van der Waals surface area contributed by atoms with Crippen LogP contribution in [0.4, 0.5) is 24.5 Å². The normalized spacial score (nSPS) is 15.6. The number of alkyl halides is 3. The van der Waals surface area contributed by atoms with E-state index in [2.05, 4.69) is 10.3 Å². The number of hydrogen-bond acceptors (Lipinski definition) is 4. The lowest BCUT2D eigenvalue weighted by molar-refractivity contribution is -0.355. The second-order valence-corrected chi connectivity index (χ2v) is 9.30. The second kappa shape index (κ2) is 8.54. The fourth-order valence-electron chi connectivity index (χ4n) is 2.77. The van der Waals surface area contributed by atoms with Crippen molar-refractivity contribution in [1.29, 1.82) is 0 Å². The molecule has 1 aliphatic carbocycles. The largest absolute Gasteiger partial charge is 0.430 e. The van der Waals surface area contributed by atoms with Gasteiger partial charge < -0.3 is 11.1 Å². The van der Waals surface area contributed by atoms with Gasteiger partial charge in [0, 0.05) is 41.6 Å². The number of allylic oxidation sites excluding steroid dienone is 2. The van der Waals surface area contributed by atoms with Gasteiger partial charge in [0.1, 0.15) is 5.70 Å². The number of anilines is 1. The third-order valence-electron chi connectivity index (χ3n) is 4.61. The summed E-state index contributed by atoms with van der Waals surface area (Å²) in [5, 5.41) is 2.66. The van der Waals surface area contributed by atoms with Gasteiger partial charge in [-0.2, -0.15) is 13.2 Å². The van der Waals surface area contributed by atoms with Crippen LogP contribution in [0.5, 0.6) is 0 Å². The van der Waals surface area contributed by atoms with Crippen LogP contribution < -0.4 is 16.0 Å². The summed E-state index contributed by atoms with van der Waals surface area (Å²) in [4.78, 5) is 15.4.